The molecule has 1 fully saturated rings. The zero-order valence-electron chi connectivity index (χ0n) is 17.1. The first-order valence-corrected chi connectivity index (χ1v) is 11.0. The number of nitrogen functional groups attached to an aromatic ring is 2. The Bertz CT molecular complexity index is 1130. The highest BCUT2D eigenvalue weighted by Gasteiger charge is 2.24. The number of hydrogen-bond donors (Lipinski definition) is 3. The largest absolute Gasteiger partial charge is 0.397 e. The van der Waals surface area contributed by atoms with Crippen LogP contribution in [-0.2, 0) is 4.74 Å². The Morgan fingerprint density at radius 2 is 2.00 bits per heavy atom. The van der Waals surface area contributed by atoms with Crippen LogP contribution in [0.1, 0.15) is 21.7 Å². The number of nitrogens with zero attached hydrogens (tertiary/aromatic N) is 3. The molecule has 3 aromatic rings. The van der Waals surface area contributed by atoms with E-state index in [1.807, 2.05) is 30.3 Å². The van der Waals surface area contributed by atoms with Gasteiger partial charge >= 0.3 is 0 Å². The second-order valence-electron chi connectivity index (χ2n) is 7.31. The molecule has 0 aliphatic carbocycles. The Hall–Kier alpha value is -3.19. The van der Waals surface area contributed by atoms with Crippen LogP contribution in [0.25, 0.3) is 21.3 Å². The third kappa shape index (κ3) is 4.32. The lowest BCUT2D eigenvalue weighted by atomic mass is 9.97. The summed E-state index contributed by atoms with van der Waals surface area (Å²) < 4.78 is 5.35. The van der Waals surface area contributed by atoms with E-state index in [0.717, 1.165) is 44.8 Å². The Morgan fingerprint density at radius 1 is 1.26 bits per heavy atom. The van der Waals surface area contributed by atoms with E-state index in [2.05, 4.69) is 21.3 Å². The molecule has 1 saturated heterocycles. The third-order valence-electron chi connectivity index (χ3n) is 5.33. The molecule has 9 heteroatoms. The van der Waals surface area contributed by atoms with E-state index >= 15 is 0 Å². The third-order valence-corrected chi connectivity index (χ3v) is 6.42. The van der Waals surface area contributed by atoms with E-state index in [0.29, 0.717) is 32.9 Å². The summed E-state index contributed by atoms with van der Waals surface area (Å²) in [6.45, 7) is 4.83. The summed E-state index contributed by atoms with van der Waals surface area (Å²) in [4.78, 5) is 20.4. The molecule has 8 nitrogen and oxygen atoms in total. The molecule has 0 radical (unpaired) electrons. The van der Waals surface area contributed by atoms with Crippen molar-refractivity contribution in [3.63, 3.8) is 0 Å². The monoisotopic (exact) mass is 436 g/mol. The Kier molecular flexibility index (Phi) is 6.32. The second-order valence-corrected chi connectivity index (χ2v) is 8.31. The molecule has 3 heterocycles. The topological polar surface area (TPSA) is 130 Å². The van der Waals surface area contributed by atoms with Crippen molar-refractivity contribution in [3.8, 4) is 17.2 Å². The van der Waals surface area contributed by atoms with Gasteiger partial charge in [-0.3, -0.25) is 9.69 Å². The molecule has 5 N–H and O–H groups in total. The molecule has 1 aliphatic heterocycles. The Balaban J connectivity index is 1.59. The maximum absolute atomic E-state index is 12.8. The van der Waals surface area contributed by atoms with Crippen molar-refractivity contribution < 1.29 is 9.53 Å². The quantitative estimate of drug-likeness (QED) is 0.506. The van der Waals surface area contributed by atoms with E-state index in [4.69, 9.17) is 16.2 Å². The fourth-order valence-electron chi connectivity index (χ4n) is 3.76. The van der Waals surface area contributed by atoms with Gasteiger partial charge in [-0.25, -0.2) is 4.98 Å². The number of nitrogens with one attached hydrogen (secondary N) is 1. The summed E-state index contributed by atoms with van der Waals surface area (Å²) in [5.74, 6) is -0.105. The van der Waals surface area contributed by atoms with Crippen LogP contribution in [-0.4, -0.2) is 55.2 Å². The summed E-state index contributed by atoms with van der Waals surface area (Å²) in [6, 6.07) is 11.6. The molecule has 0 atom stereocenters. The van der Waals surface area contributed by atoms with Crippen molar-refractivity contribution >= 4 is 39.0 Å². The highest BCUT2D eigenvalue weighted by Crippen LogP contribution is 2.42. The highest BCUT2D eigenvalue weighted by molar-refractivity contribution is 7.21. The number of rotatable bonds is 6. The van der Waals surface area contributed by atoms with Gasteiger partial charge in [0.1, 0.15) is 27.2 Å². The van der Waals surface area contributed by atoms with Crippen LogP contribution in [0.2, 0.25) is 0 Å². The van der Waals surface area contributed by atoms with Gasteiger partial charge in [-0.2, -0.15) is 5.26 Å². The Labute approximate surface area is 184 Å². The molecule has 1 amide bonds. The van der Waals surface area contributed by atoms with Crippen LogP contribution in [0.15, 0.2) is 30.3 Å². The number of fused-ring (bicyclic) bond motifs is 1. The summed E-state index contributed by atoms with van der Waals surface area (Å²) in [6.07, 6.45) is 0.843. The summed E-state index contributed by atoms with van der Waals surface area (Å²) in [7, 11) is 0. The van der Waals surface area contributed by atoms with Gasteiger partial charge in [-0.15, -0.1) is 11.3 Å². The normalized spacial score (nSPS) is 14.4. The predicted molar refractivity (Wildman–Crippen MR) is 123 cm³/mol. The summed E-state index contributed by atoms with van der Waals surface area (Å²) in [5, 5.41) is 13.2. The molecule has 1 aliphatic rings. The van der Waals surface area contributed by atoms with Crippen molar-refractivity contribution in [2.75, 3.05) is 50.9 Å². The van der Waals surface area contributed by atoms with Crippen molar-refractivity contribution in [2.45, 2.75) is 6.42 Å². The number of nitriles is 1. The number of thiophene rings is 1. The average molecular weight is 437 g/mol. The van der Waals surface area contributed by atoms with Crippen LogP contribution in [0, 0.1) is 11.3 Å². The SMILES string of the molecule is N#Cc1c(N)nc2sc(C(=O)NCCCN3CCOCC3)c(N)c2c1-c1ccccc1. The van der Waals surface area contributed by atoms with Crippen molar-refractivity contribution in [3.05, 3.63) is 40.8 Å². The van der Waals surface area contributed by atoms with Gasteiger partial charge in [-0.1, -0.05) is 30.3 Å². The molecule has 0 bridgehead atoms. The van der Waals surface area contributed by atoms with Gasteiger partial charge in [0.05, 0.1) is 18.9 Å². The molecule has 31 heavy (non-hydrogen) atoms. The van der Waals surface area contributed by atoms with Crippen LogP contribution in [0.4, 0.5) is 11.5 Å². The van der Waals surface area contributed by atoms with Crippen molar-refractivity contribution in [1.82, 2.24) is 15.2 Å². The first kappa shape index (κ1) is 21.1. The molecular weight excluding hydrogens is 412 g/mol. The number of morpholine rings is 1. The highest BCUT2D eigenvalue weighted by atomic mass is 32.1. The number of aromatic nitrogens is 1. The van der Waals surface area contributed by atoms with Gasteiger partial charge in [0.25, 0.3) is 5.91 Å². The number of pyridine rings is 1. The minimum absolute atomic E-state index is 0.132. The zero-order chi connectivity index (χ0) is 21.8. The van der Waals surface area contributed by atoms with Crippen LogP contribution >= 0.6 is 11.3 Å². The van der Waals surface area contributed by atoms with Crippen LogP contribution < -0.4 is 16.8 Å². The smallest absolute Gasteiger partial charge is 0.263 e. The average Bonchev–Trinajstić information content (AvgIpc) is 3.12. The van der Waals surface area contributed by atoms with E-state index < -0.39 is 0 Å². The van der Waals surface area contributed by atoms with E-state index in [9.17, 15) is 10.1 Å². The number of ether oxygens (including phenoxy) is 1. The summed E-state index contributed by atoms with van der Waals surface area (Å²) in [5.41, 5.74) is 14.5. The Morgan fingerprint density at radius 3 is 2.71 bits per heavy atom. The van der Waals surface area contributed by atoms with Gasteiger partial charge in [0.2, 0.25) is 0 Å². The van der Waals surface area contributed by atoms with Crippen molar-refractivity contribution in [2.24, 2.45) is 0 Å². The summed E-state index contributed by atoms with van der Waals surface area (Å²) >= 11 is 1.20. The number of carbonyl (C=O) groups excluding carboxylic acids is 1. The molecule has 0 spiro atoms. The number of hydrogen-bond acceptors (Lipinski definition) is 8. The first-order valence-electron chi connectivity index (χ1n) is 10.2. The van der Waals surface area contributed by atoms with Crippen molar-refractivity contribution in [1.29, 1.82) is 5.26 Å². The lowest BCUT2D eigenvalue weighted by Crippen LogP contribution is -2.38. The van der Waals surface area contributed by atoms with Gasteiger partial charge in [-0.05, 0) is 18.5 Å². The molecular formula is C22H24N6O2S. The lowest BCUT2D eigenvalue weighted by Gasteiger charge is -2.26. The maximum atomic E-state index is 12.8. The molecule has 0 saturated carbocycles. The molecule has 4 rings (SSSR count). The van der Waals surface area contributed by atoms with Gasteiger partial charge in [0, 0.05) is 30.6 Å². The van der Waals surface area contributed by atoms with Crippen LogP contribution in [0.5, 0.6) is 0 Å². The van der Waals surface area contributed by atoms with Crippen LogP contribution in [0.3, 0.4) is 0 Å². The zero-order valence-corrected chi connectivity index (χ0v) is 17.9. The fraction of sp³-hybridized carbons (Fsp3) is 0.318. The molecule has 2 aromatic heterocycles. The number of carbonyl (C=O) groups is 1. The predicted octanol–water partition coefficient (Wildman–Crippen LogP) is 2.45. The van der Waals surface area contributed by atoms with Gasteiger partial charge < -0.3 is 21.5 Å². The number of amides is 1. The number of benzene rings is 1. The van der Waals surface area contributed by atoms with E-state index in [1.54, 1.807) is 0 Å². The van der Waals surface area contributed by atoms with Gasteiger partial charge in [0.15, 0.2) is 0 Å². The number of nitrogens with two attached hydrogens (primary N) is 2. The first-order chi connectivity index (χ1) is 15.1. The maximum Gasteiger partial charge on any atom is 0.263 e. The van der Waals surface area contributed by atoms with E-state index in [1.165, 1.54) is 11.3 Å². The fourth-order valence-corrected chi connectivity index (χ4v) is 4.78. The lowest BCUT2D eigenvalue weighted by molar-refractivity contribution is 0.0374. The van der Waals surface area contributed by atoms with E-state index in [-0.39, 0.29) is 17.3 Å². The molecule has 1 aromatic carbocycles. The molecule has 160 valence electrons. The second kappa shape index (κ2) is 9.31. The minimum atomic E-state index is -0.237. The minimum Gasteiger partial charge on any atom is -0.397 e. The standard InChI is InChI=1S/C22H24N6O2S/c23-13-15-16(14-5-2-1-3-6-14)17-18(24)19(31-22(17)27-20(15)25)21(29)26-7-4-8-28-9-11-30-12-10-28/h1-3,5-6H,4,7-12,24H2,(H2,25,27)(H,26,29). The molecule has 0 unspecified atom stereocenters. The number of anilines is 2.